The molecule has 2 N–H and O–H groups in total. The molecule has 6 nitrogen and oxygen atoms in total. The fourth-order valence-corrected chi connectivity index (χ4v) is 3.80. The van der Waals surface area contributed by atoms with E-state index in [-0.39, 0.29) is 11.9 Å². The molecule has 1 saturated heterocycles. The van der Waals surface area contributed by atoms with Crippen LogP contribution in [0.15, 0.2) is 54.7 Å². The number of carbonyl (C=O) groups is 1. The second-order valence-corrected chi connectivity index (χ2v) is 7.81. The number of benzene rings is 2. The Labute approximate surface area is 183 Å². The average molecular weight is 441 g/mol. The number of alkyl halides is 3. The summed E-state index contributed by atoms with van der Waals surface area (Å²) < 4.78 is 38.5. The van der Waals surface area contributed by atoms with E-state index in [0.717, 1.165) is 42.8 Å². The highest BCUT2D eigenvalue weighted by atomic mass is 19.4. The number of nitrogens with two attached hydrogens (primary N) is 1. The molecule has 2 heterocycles. The van der Waals surface area contributed by atoms with Crippen molar-refractivity contribution in [3.63, 3.8) is 0 Å². The highest BCUT2D eigenvalue weighted by Crippen LogP contribution is 2.32. The van der Waals surface area contributed by atoms with Crippen molar-refractivity contribution < 1.29 is 18.0 Å². The van der Waals surface area contributed by atoms with Gasteiger partial charge in [-0.1, -0.05) is 36.4 Å². The number of carbonyl (C=O) groups excluding carboxylic acids is 1. The minimum absolute atomic E-state index is 0.0273. The smallest absolute Gasteiger partial charge is 0.382 e. The third kappa shape index (κ3) is 4.43. The molecule has 1 aliphatic heterocycles. The van der Waals surface area contributed by atoms with Gasteiger partial charge in [-0.2, -0.15) is 13.2 Å². The van der Waals surface area contributed by atoms with E-state index in [0.29, 0.717) is 23.5 Å². The van der Waals surface area contributed by atoms with Gasteiger partial charge in [0, 0.05) is 30.8 Å². The first-order valence-corrected chi connectivity index (χ1v) is 10.1. The molecule has 0 saturated carbocycles. The fourth-order valence-electron chi connectivity index (χ4n) is 3.80. The minimum Gasteiger partial charge on any atom is -0.382 e. The molecule has 1 aliphatic rings. The van der Waals surface area contributed by atoms with Crippen LogP contribution >= 0.6 is 0 Å². The van der Waals surface area contributed by atoms with Gasteiger partial charge in [-0.15, -0.1) is 0 Å². The first-order valence-electron chi connectivity index (χ1n) is 10.1. The van der Waals surface area contributed by atoms with Crippen LogP contribution in [0.2, 0.25) is 0 Å². The van der Waals surface area contributed by atoms with Crippen molar-refractivity contribution in [3.05, 3.63) is 65.9 Å². The molecule has 32 heavy (non-hydrogen) atoms. The van der Waals surface area contributed by atoms with Crippen LogP contribution in [0.4, 0.5) is 19.0 Å². The molecule has 1 atom stereocenters. The van der Waals surface area contributed by atoms with Crippen LogP contribution in [-0.2, 0) is 11.0 Å². The number of nitrogens with zero attached hydrogens (tertiary/aromatic N) is 4. The van der Waals surface area contributed by atoms with E-state index in [1.807, 2.05) is 31.3 Å². The van der Waals surface area contributed by atoms with E-state index in [1.165, 1.54) is 18.3 Å². The lowest BCUT2D eigenvalue weighted by Gasteiger charge is -2.38. The molecule has 166 valence electrons. The molecule has 2 aromatic carbocycles. The van der Waals surface area contributed by atoms with E-state index in [1.54, 1.807) is 4.90 Å². The predicted octanol–water partition coefficient (Wildman–Crippen LogP) is 3.86. The lowest BCUT2D eigenvalue weighted by molar-refractivity contribution is -0.137. The van der Waals surface area contributed by atoms with Crippen LogP contribution in [0.25, 0.3) is 22.5 Å². The van der Waals surface area contributed by atoms with Crippen LogP contribution < -0.4 is 5.73 Å². The van der Waals surface area contributed by atoms with Gasteiger partial charge in [0.15, 0.2) is 0 Å². The second kappa shape index (κ2) is 8.58. The maximum Gasteiger partial charge on any atom is 0.416 e. The maximum absolute atomic E-state index is 12.8. The molecule has 0 radical (unpaired) electrons. The molecule has 0 spiro atoms. The van der Waals surface area contributed by atoms with Crippen LogP contribution in [-0.4, -0.2) is 52.9 Å². The summed E-state index contributed by atoms with van der Waals surface area (Å²) in [4.78, 5) is 24.1. The molecule has 0 bridgehead atoms. The first-order chi connectivity index (χ1) is 15.3. The molecule has 1 amide bonds. The Morgan fingerprint density at radius 3 is 2.31 bits per heavy atom. The minimum atomic E-state index is -4.41. The normalized spacial score (nSPS) is 17.4. The van der Waals surface area contributed by atoms with Gasteiger partial charge in [-0.05, 0) is 24.7 Å². The van der Waals surface area contributed by atoms with E-state index in [2.05, 4.69) is 14.9 Å². The summed E-state index contributed by atoms with van der Waals surface area (Å²) >= 11 is 0. The van der Waals surface area contributed by atoms with Gasteiger partial charge < -0.3 is 15.5 Å². The fraction of sp³-hybridized carbons (Fsp3) is 0.261. The Morgan fingerprint density at radius 2 is 1.69 bits per heavy atom. The molecule has 1 aromatic heterocycles. The van der Waals surface area contributed by atoms with Gasteiger partial charge in [0.25, 0.3) is 0 Å². The summed E-state index contributed by atoms with van der Waals surface area (Å²) in [6, 6.07) is 12.3. The van der Waals surface area contributed by atoms with Crippen LogP contribution in [0.5, 0.6) is 0 Å². The molecule has 4 rings (SSSR count). The van der Waals surface area contributed by atoms with Crippen LogP contribution in [0, 0.1) is 0 Å². The summed E-state index contributed by atoms with van der Waals surface area (Å²) in [6.45, 7) is 2.26. The zero-order chi connectivity index (χ0) is 22.9. The van der Waals surface area contributed by atoms with Crippen LogP contribution in [0.3, 0.4) is 0 Å². The zero-order valence-electron chi connectivity index (χ0n) is 17.4. The van der Waals surface area contributed by atoms with Gasteiger partial charge in [0.1, 0.15) is 11.5 Å². The number of rotatable bonds is 4. The zero-order valence-corrected chi connectivity index (χ0v) is 17.4. The summed E-state index contributed by atoms with van der Waals surface area (Å²) in [5, 5.41) is 0. The van der Waals surface area contributed by atoms with E-state index in [9.17, 15) is 18.0 Å². The van der Waals surface area contributed by atoms with Crippen molar-refractivity contribution in [1.82, 2.24) is 19.8 Å². The molecule has 9 heteroatoms. The number of halogens is 3. The quantitative estimate of drug-likeness (QED) is 0.623. The van der Waals surface area contributed by atoms with Gasteiger partial charge in [0.05, 0.1) is 23.5 Å². The van der Waals surface area contributed by atoms with Crippen molar-refractivity contribution in [2.45, 2.75) is 12.2 Å². The molecule has 0 aliphatic carbocycles. The van der Waals surface area contributed by atoms with Gasteiger partial charge >= 0.3 is 6.18 Å². The molecule has 1 unspecified atom stereocenters. The molecule has 3 aromatic rings. The Morgan fingerprint density at radius 1 is 1.03 bits per heavy atom. The average Bonchev–Trinajstić information content (AvgIpc) is 2.79. The highest BCUT2D eigenvalue weighted by molar-refractivity contribution is 5.73. The van der Waals surface area contributed by atoms with Gasteiger partial charge in [-0.25, -0.2) is 9.97 Å². The van der Waals surface area contributed by atoms with Crippen molar-refractivity contribution in [1.29, 1.82) is 0 Å². The van der Waals surface area contributed by atoms with E-state index in [4.69, 9.17) is 5.73 Å². The Bertz CT molecular complexity index is 1100. The number of amides is 1. The van der Waals surface area contributed by atoms with Gasteiger partial charge in [0.2, 0.25) is 6.41 Å². The second-order valence-electron chi connectivity index (χ2n) is 7.81. The number of hydrogen-bond acceptors (Lipinski definition) is 5. The van der Waals surface area contributed by atoms with Crippen molar-refractivity contribution >= 4 is 12.2 Å². The first kappa shape index (κ1) is 21.8. The molecular weight excluding hydrogens is 419 g/mol. The largest absolute Gasteiger partial charge is 0.416 e. The van der Waals surface area contributed by atoms with Crippen LogP contribution in [0.1, 0.15) is 17.2 Å². The maximum atomic E-state index is 12.8. The third-order valence-corrected chi connectivity index (χ3v) is 5.64. The summed E-state index contributed by atoms with van der Waals surface area (Å²) in [6.07, 6.45) is -2.00. The number of piperazine rings is 1. The Kier molecular flexibility index (Phi) is 5.84. The number of likely N-dealkylation sites (N-methyl/N-ethyl adjacent to an activating group) is 1. The number of anilines is 1. The predicted molar refractivity (Wildman–Crippen MR) is 115 cm³/mol. The lowest BCUT2D eigenvalue weighted by atomic mass is 10.0. The van der Waals surface area contributed by atoms with E-state index < -0.39 is 11.7 Å². The third-order valence-electron chi connectivity index (χ3n) is 5.64. The van der Waals surface area contributed by atoms with Crippen molar-refractivity contribution in [3.8, 4) is 22.5 Å². The summed E-state index contributed by atoms with van der Waals surface area (Å²) in [5.74, 6) is 0.136. The Balaban J connectivity index is 1.61. The molecule has 1 fully saturated rings. The lowest BCUT2D eigenvalue weighted by Crippen LogP contribution is -2.46. The highest BCUT2D eigenvalue weighted by Gasteiger charge is 2.30. The van der Waals surface area contributed by atoms with E-state index >= 15 is 0 Å². The van der Waals surface area contributed by atoms with Crippen molar-refractivity contribution in [2.24, 2.45) is 0 Å². The molecular formula is C23H22F3N5O. The number of hydrogen-bond donors (Lipinski definition) is 1. The summed E-state index contributed by atoms with van der Waals surface area (Å²) in [7, 11) is 2.02. The standard InChI is InChI=1S/C23H22F3N5O/c1-30-10-11-31(14-32)20(13-30)16-4-2-15(3-5-16)19-12-28-22(27)21(29-19)17-6-8-18(9-7-17)23(24,25)26/h2-9,12,14,20H,10-11,13H2,1H3,(H2,27,28). The monoisotopic (exact) mass is 441 g/mol. The van der Waals surface area contributed by atoms with Crippen molar-refractivity contribution in [2.75, 3.05) is 32.4 Å². The number of aromatic nitrogens is 2. The SMILES string of the molecule is CN1CCN(C=O)C(c2ccc(-c3cnc(N)c(-c4ccc(C(F)(F)F)cc4)n3)cc2)C1. The topological polar surface area (TPSA) is 75.3 Å². The summed E-state index contributed by atoms with van der Waals surface area (Å²) in [5.41, 5.74) is 8.33. The Hall–Kier alpha value is -3.46. The van der Waals surface area contributed by atoms with Gasteiger partial charge in [-0.3, -0.25) is 4.79 Å². The number of nitrogen functional groups attached to an aromatic ring is 1.